The minimum Gasteiger partial charge on any atom is -0.335 e. The van der Waals surface area contributed by atoms with Crippen LogP contribution in [0.5, 0.6) is 0 Å². The number of carbonyl (C=O) groups excluding carboxylic acids is 1. The highest BCUT2D eigenvalue weighted by atomic mass is 16.2. The Hall–Kier alpha value is -1.52. The number of fused-ring (bicyclic) bond motifs is 1. The average Bonchev–Trinajstić information content (AvgIpc) is 3.32. The molecule has 2 fully saturated rings. The Kier molecular flexibility index (Phi) is 5.51. The molecule has 1 N–H and O–H groups in total. The lowest BCUT2D eigenvalue weighted by Crippen LogP contribution is -2.48. The van der Waals surface area contributed by atoms with Crippen molar-refractivity contribution in [2.75, 3.05) is 0 Å². The zero-order valence-corrected chi connectivity index (χ0v) is 16.3. The molecule has 1 aromatic rings. The predicted octanol–water partition coefficient (Wildman–Crippen LogP) is 4.09. The number of hydrogen-bond acceptors (Lipinski definition) is 2. The molecule has 26 heavy (non-hydrogen) atoms. The molecule has 0 bridgehead atoms. The number of carbonyl (C=O) groups is 1. The van der Waals surface area contributed by atoms with Crippen LogP contribution in [0.3, 0.4) is 0 Å². The van der Waals surface area contributed by atoms with Gasteiger partial charge in [0, 0.05) is 24.8 Å². The van der Waals surface area contributed by atoms with Crippen molar-refractivity contribution in [3.05, 3.63) is 17.0 Å². The van der Waals surface area contributed by atoms with Gasteiger partial charge in [0.15, 0.2) is 0 Å². The standard InChI is InChI=1S/C21H34N4O/c1-24-20-14-8-13-18(20)19(23-24)15-25(17-11-6-7-12-17)21(26)22-16-9-4-2-3-5-10-16/h16-17H,2-15H2,1H3,(H,22,26). The zero-order chi connectivity index (χ0) is 17.9. The second kappa shape index (κ2) is 8.01. The molecule has 2 saturated carbocycles. The van der Waals surface area contributed by atoms with E-state index in [1.54, 1.807) is 0 Å². The maximum Gasteiger partial charge on any atom is 0.318 e. The molecule has 0 spiro atoms. The number of aromatic nitrogens is 2. The highest BCUT2D eigenvalue weighted by molar-refractivity contribution is 5.75. The number of hydrogen-bond donors (Lipinski definition) is 1. The third-order valence-electron chi connectivity index (χ3n) is 6.73. The molecule has 3 aliphatic carbocycles. The van der Waals surface area contributed by atoms with Gasteiger partial charge in [-0.1, -0.05) is 38.5 Å². The molecule has 4 rings (SSSR count). The zero-order valence-electron chi connectivity index (χ0n) is 16.3. The van der Waals surface area contributed by atoms with E-state index in [1.807, 2.05) is 4.68 Å². The average molecular weight is 359 g/mol. The van der Waals surface area contributed by atoms with Crippen LogP contribution in [0.25, 0.3) is 0 Å². The fraction of sp³-hybridized carbons (Fsp3) is 0.810. The van der Waals surface area contributed by atoms with Gasteiger partial charge in [0.25, 0.3) is 0 Å². The summed E-state index contributed by atoms with van der Waals surface area (Å²) < 4.78 is 2.05. The summed E-state index contributed by atoms with van der Waals surface area (Å²) in [5.41, 5.74) is 3.94. The Bertz CT molecular complexity index is 624. The van der Waals surface area contributed by atoms with Crippen LogP contribution in [-0.2, 0) is 26.4 Å². The Morgan fingerprint density at radius 2 is 1.73 bits per heavy atom. The molecule has 0 aromatic carbocycles. The quantitative estimate of drug-likeness (QED) is 0.824. The SMILES string of the molecule is Cn1nc(CN(C(=O)NC2CCCCCC2)C2CCCC2)c2c1CCC2. The molecule has 3 aliphatic rings. The molecule has 0 saturated heterocycles. The Morgan fingerprint density at radius 1 is 1.04 bits per heavy atom. The van der Waals surface area contributed by atoms with Crippen LogP contribution < -0.4 is 5.32 Å². The highest BCUT2D eigenvalue weighted by Crippen LogP contribution is 2.29. The monoisotopic (exact) mass is 358 g/mol. The summed E-state index contributed by atoms with van der Waals surface area (Å²) in [6, 6.07) is 0.907. The molecule has 0 aliphatic heterocycles. The molecule has 1 aromatic heterocycles. The summed E-state index contributed by atoms with van der Waals surface area (Å²) in [5.74, 6) is 0. The van der Waals surface area contributed by atoms with Crippen molar-refractivity contribution in [1.82, 2.24) is 20.0 Å². The molecule has 144 valence electrons. The Morgan fingerprint density at radius 3 is 2.46 bits per heavy atom. The van der Waals surface area contributed by atoms with Crippen molar-refractivity contribution < 1.29 is 4.79 Å². The van der Waals surface area contributed by atoms with Gasteiger partial charge in [-0.2, -0.15) is 5.10 Å². The first-order valence-corrected chi connectivity index (χ1v) is 10.8. The topological polar surface area (TPSA) is 50.2 Å². The van der Waals surface area contributed by atoms with Crippen molar-refractivity contribution in [3.8, 4) is 0 Å². The molecule has 0 unspecified atom stereocenters. The Balaban J connectivity index is 1.49. The van der Waals surface area contributed by atoms with Gasteiger partial charge in [0.2, 0.25) is 0 Å². The third-order valence-corrected chi connectivity index (χ3v) is 6.73. The molecule has 0 atom stereocenters. The number of nitrogens with zero attached hydrogens (tertiary/aromatic N) is 3. The molecule has 1 heterocycles. The van der Waals surface area contributed by atoms with E-state index >= 15 is 0 Å². The number of aryl methyl sites for hydroxylation is 1. The van der Waals surface area contributed by atoms with Crippen LogP contribution in [0.2, 0.25) is 0 Å². The molecule has 0 radical (unpaired) electrons. The van der Waals surface area contributed by atoms with Gasteiger partial charge in [0.1, 0.15) is 0 Å². The molecular formula is C21H34N4O. The van der Waals surface area contributed by atoms with Crippen LogP contribution >= 0.6 is 0 Å². The van der Waals surface area contributed by atoms with E-state index in [2.05, 4.69) is 17.3 Å². The summed E-state index contributed by atoms with van der Waals surface area (Å²) in [4.78, 5) is 15.3. The first-order chi connectivity index (χ1) is 12.7. The van der Waals surface area contributed by atoms with Crippen molar-refractivity contribution in [3.63, 3.8) is 0 Å². The first-order valence-electron chi connectivity index (χ1n) is 10.8. The number of urea groups is 1. The van der Waals surface area contributed by atoms with Gasteiger partial charge in [-0.05, 0) is 50.5 Å². The smallest absolute Gasteiger partial charge is 0.318 e. The van der Waals surface area contributed by atoms with Crippen molar-refractivity contribution >= 4 is 6.03 Å². The van der Waals surface area contributed by atoms with Gasteiger partial charge >= 0.3 is 6.03 Å². The van der Waals surface area contributed by atoms with E-state index in [4.69, 9.17) is 5.10 Å². The first kappa shape index (κ1) is 17.9. The van der Waals surface area contributed by atoms with Crippen LogP contribution in [0.4, 0.5) is 4.79 Å². The van der Waals surface area contributed by atoms with Crippen LogP contribution in [0, 0.1) is 0 Å². The Labute approximate surface area is 157 Å². The number of rotatable bonds is 4. The fourth-order valence-electron chi connectivity index (χ4n) is 5.25. The molecule has 2 amide bonds. The van der Waals surface area contributed by atoms with Crippen LogP contribution in [0.1, 0.15) is 87.6 Å². The van der Waals surface area contributed by atoms with E-state index in [1.165, 1.54) is 56.2 Å². The maximum atomic E-state index is 13.2. The molecule has 5 nitrogen and oxygen atoms in total. The molecule has 5 heteroatoms. The van der Waals surface area contributed by atoms with E-state index in [0.29, 0.717) is 18.6 Å². The summed E-state index contributed by atoms with van der Waals surface area (Å²) >= 11 is 0. The van der Waals surface area contributed by atoms with Gasteiger partial charge in [0.05, 0.1) is 12.2 Å². The van der Waals surface area contributed by atoms with E-state index < -0.39 is 0 Å². The fourth-order valence-corrected chi connectivity index (χ4v) is 5.25. The lowest BCUT2D eigenvalue weighted by Gasteiger charge is -2.31. The van der Waals surface area contributed by atoms with Gasteiger partial charge < -0.3 is 10.2 Å². The van der Waals surface area contributed by atoms with E-state index in [0.717, 1.165) is 44.2 Å². The predicted molar refractivity (Wildman–Crippen MR) is 103 cm³/mol. The lowest BCUT2D eigenvalue weighted by molar-refractivity contribution is 0.165. The third kappa shape index (κ3) is 3.77. The van der Waals surface area contributed by atoms with Crippen molar-refractivity contribution in [2.45, 2.75) is 102 Å². The largest absolute Gasteiger partial charge is 0.335 e. The maximum absolute atomic E-state index is 13.2. The lowest BCUT2D eigenvalue weighted by atomic mass is 10.1. The minimum absolute atomic E-state index is 0.154. The van der Waals surface area contributed by atoms with Gasteiger partial charge in [-0.25, -0.2) is 4.79 Å². The number of amides is 2. The van der Waals surface area contributed by atoms with E-state index in [9.17, 15) is 4.79 Å². The normalized spacial score (nSPS) is 21.6. The summed E-state index contributed by atoms with van der Waals surface area (Å²) in [7, 11) is 2.05. The second-order valence-corrected chi connectivity index (χ2v) is 8.55. The molecular weight excluding hydrogens is 324 g/mol. The van der Waals surface area contributed by atoms with Crippen LogP contribution in [0.15, 0.2) is 0 Å². The van der Waals surface area contributed by atoms with Crippen molar-refractivity contribution in [1.29, 1.82) is 0 Å². The minimum atomic E-state index is 0.154. The van der Waals surface area contributed by atoms with Crippen molar-refractivity contribution in [2.24, 2.45) is 7.05 Å². The van der Waals surface area contributed by atoms with Gasteiger partial charge in [-0.3, -0.25) is 4.68 Å². The summed E-state index contributed by atoms with van der Waals surface area (Å²) in [5, 5.41) is 8.17. The van der Waals surface area contributed by atoms with Gasteiger partial charge in [-0.15, -0.1) is 0 Å². The number of nitrogens with one attached hydrogen (secondary N) is 1. The summed E-state index contributed by atoms with van der Waals surface area (Å²) in [6.07, 6.45) is 15.7. The van der Waals surface area contributed by atoms with E-state index in [-0.39, 0.29) is 6.03 Å². The summed E-state index contributed by atoms with van der Waals surface area (Å²) in [6.45, 7) is 0.687. The van der Waals surface area contributed by atoms with Crippen LogP contribution in [-0.4, -0.2) is 32.8 Å². The highest BCUT2D eigenvalue weighted by Gasteiger charge is 2.31. The second-order valence-electron chi connectivity index (χ2n) is 8.55.